The van der Waals surface area contributed by atoms with E-state index in [1.165, 1.54) is 11.1 Å². The van der Waals surface area contributed by atoms with Crippen molar-refractivity contribution in [3.8, 4) is 0 Å². The minimum Gasteiger partial charge on any atom is -0.319 e. The van der Waals surface area contributed by atoms with E-state index in [1.807, 2.05) is 26.1 Å². The van der Waals surface area contributed by atoms with Crippen LogP contribution in [0.15, 0.2) is 23.1 Å². The molecule has 1 unspecified atom stereocenters. The highest BCUT2D eigenvalue weighted by Gasteiger charge is 2.18. The Labute approximate surface area is 115 Å². The molecule has 0 saturated heterocycles. The quantitative estimate of drug-likeness (QED) is 0.827. The summed E-state index contributed by atoms with van der Waals surface area (Å²) in [5.74, 6) is 0.272. The van der Waals surface area contributed by atoms with Gasteiger partial charge in [-0.25, -0.2) is 13.1 Å². The van der Waals surface area contributed by atoms with Gasteiger partial charge in [-0.3, -0.25) is 0 Å². The molecular weight excluding hydrogens is 260 g/mol. The van der Waals surface area contributed by atoms with Crippen LogP contribution in [-0.4, -0.2) is 28.6 Å². The van der Waals surface area contributed by atoms with Gasteiger partial charge in [0.1, 0.15) is 0 Å². The van der Waals surface area contributed by atoms with E-state index < -0.39 is 10.0 Å². The molecule has 1 aromatic carbocycles. The molecule has 2 N–H and O–H groups in total. The van der Waals surface area contributed by atoms with Gasteiger partial charge in [0.05, 0.1) is 4.90 Å². The molecule has 106 valence electrons. The molecule has 0 aromatic heterocycles. The van der Waals surface area contributed by atoms with Crippen LogP contribution in [0.5, 0.6) is 0 Å². The number of rotatable bonds is 6. The number of hydrogen-bond acceptors (Lipinski definition) is 3. The van der Waals surface area contributed by atoms with E-state index in [0.29, 0.717) is 11.4 Å². The Morgan fingerprint density at radius 1 is 1.21 bits per heavy atom. The normalized spacial score (nSPS) is 16.3. The third-order valence-electron chi connectivity index (χ3n) is 3.55. The Balaban J connectivity index is 2.07. The standard InChI is InChI=1S/C14H22N2O2S/c1-11(9-15-2)10-16-19(17,18)14-7-6-12-4-3-5-13(12)8-14/h6-8,11,15-16H,3-5,9-10H2,1-2H3. The van der Waals surface area contributed by atoms with Crippen LogP contribution in [-0.2, 0) is 22.9 Å². The first-order valence-corrected chi connectivity index (χ1v) is 8.27. The lowest BCUT2D eigenvalue weighted by atomic mass is 10.1. The molecule has 0 bridgehead atoms. The van der Waals surface area contributed by atoms with Gasteiger partial charge in [-0.1, -0.05) is 13.0 Å². The topological polar surface area (TPSA) is 58.2 Å². The first kappa shape index (κ1) is 14.5. The predicted octanol–water partition coefficient (Wildman–Crippen LogP) is 1.31. The summed E-state index contributed by atoms with van der Waals surface area (Å²) in [6, 6.07) is 5.50. The molecule has 5 heteroatoms. The molecule has 2 rings (SSSR count). The second-order valence-corrected chi connectivity index (χ2v) is 7.07. The molecule has 0 amide bonds. The number of benzene rings is 1. The van der Waals surface area contributed by atoms with E-state index in [4.69, 9.17) is 0 Å². The lowest BCUT2D eigenvalue weighted by Gasteiger charge is -2.13. The van der Waals surface area contributed by atoms with Crippen LogP contribution in [0.1, 0.15) is 24.5 Å². The van der Waals surface area contributed by atoms with Crippen LogP contribution in [0.25, 0.3) is 0 Å². The van der Waals surface area contributed by atoms with Crippen molar-refractivity contribution >= 4 is 10.0 Å². The Morgan fingerprint density at radius 2 is 1.95 bits per heavy atom. The zero-order valence-electron chi connectivity index (χ0n) is 11.6. The highest BCUT2D eigenvalue weighted by atomic mass is 32.2. The summed E-state index contributed by atoms with van der Waals surface area (Å²) in [5.41, 5.74) is 2.48. The average molecular weight is 282 g/mol. The van der Waals surface area contributed by atoms with E-state index in [-0.39, 0.29) is 5.92 Å². The van der Waals surface area contributed by atoms with Gasteiger partial charge in [-0.2, -0.15) is 0 Å². The number of sulfonamides is 1. The third kappa shape index (κ3) is 3.55. The second-order valence-electron chi connectivity index (χ2n) is 5.30. The summed E-state index contributed by atoms with van der Waals surface area (Å²) in [6.07, 6.45) is 3.20. The molecule has 19 heavy (non-hydrogen) atoms. The van der Waals surface area contributed by atoms with Crippen LogP contribution in [0.3, 0.4) is 0 Å². The Bertz CT molecular complexity index is 540. The summed E-state index contributed by atoms with van der Waals surface area (Å²) >= 11 is 0. The zero-order valence-corrected chi connectivity index (χ0v) is 12.4. The van der Waals surface area contributed by atoms with Crippen molar-refractivity contribution in [1.29, 1.82) is 0 Å². The lowest BCUT2D eigenvalue weighted by molar-refractivity contribution is 0.519. The van der Waals surface area contributed by atoms with E-state index in [1.54, 1.807) is 6.07 Å². The molecule has 0 fully saturated rings. The fourth-order valence-corrected chi connectivity index (χ4v) is 3.69. The Hall–Kier alpha value is -0.910. The van der Waals surface area contributed by atoms with Gasteiger partial charge in [0, 0.05) is 6.54 Å². The fraction of sp³-hybridized carbons (Fsp3) is 0.571. The van der Waals surface area contributed by atoms with Gasteiger partial charge in [-0.15, -0.1) is 0 Å². The molecule has 0 heterocycles. The fourth-order valence-electron chi connectivity index (χ4n) is 2.47. The number of nitrogens with one attached hydrogen (secondary N) is 2. The largest absolute Gasteiger partial charge is 0.319 e. The van der Waals surface area contributed by atoms with Gasteiger partial charge >= 0.3 is 0 Å². The molecule has 0 spiro atoms. The molecule has 0 aliphatic heterocycles. The van der Waals surface area contributed by atoms with E-state index in [2.05, 4.69) is 10.0 Å². The molecule has 1 aliphatic carbocycles. The molecule has 1 aromatic rings. The van der Waals surface area contributed by atoms with E-state index >= 15 is 0 Å². The summed E-state index contributed by atoms with van der Waals surface area (Å²) in [4.78, 5) is 0.393. The highest BCUT2D eigenvalue weighted by molar-refractivity contribution is 7.89. The van der Waals surface area contributed by atoms with Crippen molar-refractivity contribution < 1.29 is 8.42 Å². The van der Waals surface area contributed by atoms with E-state index in [0.717, 1.165) is 25.8 Å². The predicted molar refractivity (Wildman–Crippen MR) is 76.7 cm³/mol. The van der Waals surface area contributed by atoms with Crippen molar-refractivity contribution in [2.24, 2.45) is 5.92 Å². The van der Waals surface area contributed by atoms with Crippen molar-refractivity contribution in [1.82, 2.24) is 10.0 Å². The van der Waals surface area contributed by atoms with Gasteiger partial charge in [0.25, 0.3) is 0 Å². The van der Waals surface area contributed by atoms with Gasteiger partial charge < -0.3 is 5.32 Å². The van der Waals surface area contributed by atoms with Crippen LogP contribution >= 0.6 is 0 Å². The SMILES string of the molecule is CNCC(C)CNS(=O)(=O)c1ccc2c(c1)CCC2. The molecule has 0 saturated carbocycles. The zero-order chi connectivity index (χ0) is 13.9. The number of fused-ring (bicyclic) bond motifs is 1. The van der Waals surface area contributed by atoms with Crippen LogP contribution < -0.4 is 10.0 Å². The van der Waals surface area contributed by atoms with Crippen LogP contribution in [0.4, 0.5) is 0 Å². The first-order chi connectivity index (χ1) is 9.03. The van der Waals surface area contributed by atoms with Crippen molar-refractivity contribution in [3.63, 3.8) is 0 Å². The summed E-state index contributed by atoms with van der Waals surface area (Å²) in [7, 11) is -1.51. The maximum absolute atomic E-state index is 12.2. The maximum Gasteiger partial charge on any atom is 0.240 e. The van der Waals surface area contributed by atoms with Crippen LogP contribution in [0, 0.1) is 5.92 Å². The molecular formula is C14H22N2O2S. The van der Waals surface area contributed by atoms with Crippen molar-refractivity contribution in [2.45, 2.75) is 31.1 Å². The number of aryl methyl sites for hydroxylation is 2. The summed E-state index contributed by atoms with van der Waals surface area (Å²) in [5, 5.41) is 3.04. The average Bonchev–Trinajstić information content (AvgIpc) is 2.84. The minimum absolute atomic E-state index is 0.272. The van der Waals surface area contributed by atoms with Crippen molar-refractivity contribution in [2.75, 3.05) is 20.1 Å². The summed E-state index contributed by atoms with van der Waals surface area (Å²) < 4.78 is 27.1. The maximum atomic E-state index is 12.2. The molecule has 1 aliphatic rings. The Morgan fingerprint density at radius 3 is 2.68 bits per heavy atom. The summed E-state index contributed by atoms with van der Waals surface area (Å²) in [6.45, 7) is 3.27. The Kier molecular flexibility index (Phi) is 4.60. The highest BCUT2D eigenvalue weighted by Crippen LogP contribution is 2.24. The van der Waals surface area contributed by atoms with Gasteiger partial charge in [0.15, 0.2) is 0 Å². The minimum atomic E-state index is -3.37. The van der Waals surface area contributed by atoms with Crippen LogP contribution in [0.2, 0.25) is 0 Å². The van der Waals surface area contributed by atoms with Gasteiger partial charge in [0.2, 0.25) is 10.0 Å². The second kappa shape index (κ2) is 6.03. The van der Waals surface area contributed by atoms with E-state index in [9.17, 15) is 8.42 Å². The molecule has 1 atom stereocenters. The van der Waals surface area contributed by atoms with Crippen molar-refractivity contribution in [3.05, 3.63) is 29.3 Å². The lowest BCUT2D eigenvalue weighted by Crippen LogP contribution is -2.32. The number of hydrogen-bond donors (Lipinski definition) is 2. The molecule has 4 nitrogen and oxygen atoms in total. The molecule has 0 radical (unpaired) electrons. The smallest absolute Gasteiger partial charge is 0.240 e. The van der Waals surface area contributed by atoms with Gasteiger partial charge in [-0.05, 0) is 62.0 Å². The first-order valence-electron chi connectivity index (χ1n) is 6.79. The monoisotopic (exact) mass is 282 g/mol. The third-order valence-corrected chi connectivity index (χ3v) is 4.98.